The summed E-state index contributed by atoms with van der Waals surface area (Å²) in [4.78, 5) is 6.06. The Balaban J connectivity index is 2.49. The van der Waals surface area contributed by atoms with E-state index in [0.29, 0.717) is 10.9 Å². The maximum absolute atomic E-state index is 5.77. The molecule has 0 amide bonds. The van der Waals surface area contributed by atoms with Gasteiger partial charge in [-0.1, -0.05) is 55.9 Å². The van der Waals surface area contributed by atoms with Gasteiger partial charge in [-0.3, -0.25) is 0 Å². The van der Waals surface area contributed by atoms with Gasteiger partial charge in [-0.2, -0.15) is 0 Å². The van der Waals surface area contributed by atoms with Crippen LogP contribution < -0.4 is 5.73 Å². The van der Waals surface area contributed by atoms with Gasteiger partial charge in [-0.05, 0) is 12.8 Å². The number of thiazole rings is 1. The van der Waals surface area contributed by atoms with Crippen molar-refractivity contribution in [2.45, 2.75) is 26.7 Å². The van der Waals surface area contributed by atoms with E-state index < -0.39 is 0 Å². The zero-order valence-corrected chi connectivity index (χ0v) is 12.4. The van der Waals surface area contributed by atoms with Gasteiger partial charge in [0, 0.05) is 5.56 Å². The Kier molecular flexibility index (Phi) is 3.78. The van der Waals surface area contributed by atoms with E-state index in [4.69, 9.17) is 18.0 Å². The number of thiocarbonyl (C=S) groups is 1. The first-order valence-electron chi connectivity index (χ1n) is 5.86. The van der Waals surface area contributed by atoms with Gasteiger partial charge in [-0.25, -0.2) is 4.98 Å². The number of hydrogen-bond donors (Lipinski definition) is 1. The number of benzene rings is 1. The second-order valence-corrected chi connectivity index (χ2v) is 6.06. The summed E-state index contributed by atoms with van der Waals surface area (Å²) in [5, 5.41) is 0.988. The second-order valence-electron chi connectivity index (χ2n) is 4.62. The molecule has 2 aromatic rings. The van der Waals surface area contributed by atoms with Crippen LogP contribution in [-0.2, 0) is 0 Å². The van der Waals surface area contributed by atoms with Gasteiger partial charge < -0.3 is 5.73 Å². The van der Waals surface area contributed by atoms with Crippen LogP contribution in [0.25, 0.3) is 10.6 Å². The molecule has 94 valence electrons. The van der Waals surface area contributed by atoms with Crippen LogP contribution in [-0.4, -0.2) is 9.97 Å². The Morgan fingerprint density at radius 2 is 1.89 bits per heavy atom. The van der Waals surface area contributed by atoms with Crippen LogP contribution in [0.4, 0.5) is 0 Å². The van der Waals surface area contributed by atoms with Gasteiger partial charge in [0.05, 0.1) is 10.6 Å². The van der Waals surface area contributed by atoms with Crippen LogP contribution in [0.1, 0.15) is 35.9 Å². The number of aromatic nitrogens is 1. The minimum absolute atomic E-state index is 0.331. The van der Waals surface area contributed by atoms with Crippen LogP contribution >= 0.6 is 23.6 Å². The highest BCUT2D eigenvalue weighted by Gasteiger charge is 2.16. The third-order valence-corrected chi connectivity index (χ3v) is 4.21. The molecule has 0 fully saturated rings. The zero-order valence-electron chi connectivity index (χ0n) is 10.7. The maximum Gasteiger partial charge on any atom is 0.124 e. The Morgan fingerprint density at radius 3 is 2.33 bits per heavy atom. The van der Waals surface area contributed by atoms with E-state index in [1.54, 1.807) is 11.3 Å². The number of nitrogens with two attached hydrogens (primary N) is 1. The summed E-state index contributed by atoms with van der Waals surface area (Å²) in [5.74, 6) is 0.331. The third kappa shape index (κ3) is 2.60. The summed E-state index contributed by atoms with van der Waals surface area (Å²) in [7, 11) is 0. The lowest BCUT2D eigenvalue weighted by Gasteiger charge is -2.02. The second kappa shape index (κ2) is 5.16. The van der Waals surface area contributed by atoms with Crippen molar-refractivity contribution < 1.29 is 0 Å². The van der Waals surface area contributed by atoms with E-state index in [1.807, 2.05) is 0 Å². The Labute approximate surface area is 117 Å². The summed E-state index contributed by atoms with van der Waals surface area (Å²) in [5.41, 5.74) is 9.14. The molecule has 4 heteroatoms. The SMILES string of the molecule is Cc1ccc(-c2nc(C(C)C)c(C(N)=S)s2)cc1. The fourth-order valence-electron chi connectivity index (χ4n) is 1.72. The minimum atomic E-state index is 0.331. The first-order chi connectivity index (χ1) is 8.49. The third-order valence-electron chi connectivity index (χ3n) is 2.72. The molecule has 0 unspecified atom stereocenters. The van der Waals surface area contributed by atoms with E-state index in [9.17, 15) is 0 Å². The number of hydrogen-bond acceptors (Lipinski definition) is 3. The summed E-state index contributed by atoms with van der Waals surface area (Å²) >= 11 is 6.68. The summed E-state index contributed by atoms with van der Waals surface area (Å²) < 4.78 is 0. The minimum Gasteiger partial charge on any atom is -0.389 e. The molecule has 2 nitrogen and oxygen atoms in total. The van der Waals surface area contributed by atoms with Gasteiger partial charge >= 0.3 is 0 Å². The molecule has 0 bridgehead atoms. The molecule has 2 rings (SSSR count). The van der Waals surface area contributed by atoms with Crippen LogP contribution in [0, 0.1) is 6.92 Å². The molecule has 0 spiro atoms. The molecule has 0 aliphatic carbocycles. The van der Waals surface area contributed by atoms with Crippen molar-refractivity contribution >= 4 is 28.5 Å². The number of nitrogens with zero attached hydrogens (tertiary/aromatic N) is 1. The standard InChI is InChI=1S/C14H16N2S2/c1-8(2)11-12(13(15)17)18-14(16-11)10-6-4-9(3)5-7-10/h4-8H,1-3H3,(H2,15,17). The lowest BCUT2D eigenvalue weighted by Crippen LogP contribution is -2.10. The Morgan fingerprint density at radius 1 is 1.28 bits per heavy atom. The Bertz CT molecular complexity index is 568. The summed E-state index contributed by atoms with van der Waals surface area (Å²) in [6, 6.07) is 8.35. The molecule has 0 aliphatic heterocycles. The highest BCUT2D eigenvalue weighted by molar-refractivity contribution is 7.81. The largest absolute Gasteiger partial charge is 0.389 e. The van der Waals surface area contributed by atoms with E-state index in [2.05, 4.69) is 50.0 Å². The van der Waals surface area contributed by atoms with Crippen molar-refractivity contribution in [3.05, 3.63) is 40.4 Å². The van der Waals surface area contributed by atoms with Crippen molar-refractivity contribution in [2.75, 3.05) is 0 Å². The van der Waals surface area contributed by atoms with E-state index >= 15 is 0 Å². The fraction of sp³-hybridized carbons (Fsp3) is 0.286. The zero-order chi connectivity index (χ0) is 13.3. The average molecular weight is 276 g/mol. The molecule has 18 heavy (non-hydrogen) atoms. The molecule has 2 N–H and O–H groups in total. The van der Waals surface area contributed by atoms with Crippen LogP contribution in [0.3, 0.4) is 0 Å². The molecule has 1 heterocycles. The fourth-order valence-corrected chi connectivity index (χ4v) is 3.03. The first-order valence-corrected chi connectivity index (χ1v) is 7.09. The molecule has 1 aromatic carbocycles. The first kappa shape index (κ1) is 13.2. The molecule has 0 saturated heterocycles. The molecular formula is C14H16N2S2. The number of aryl methyl sites for hydroxylation is 1. The van der Waals surface area contributed by atoms with Gasteiger partial charge in [0.15, 0.2) is 0 Å². The number of rotatable bonds is 3. The predicted molar refractivity (Wildman–Crippen MR) is 82.3 cm³/mol. The van der Waals surface area contributed by atoms with Crippen molar-refractivity contribution in [3.63, 3.8) is 0 Å². The van der Waals surface area contributed by atoms with Gasteiger partial charge in [0.1, 0.15) is 10.00 Å². The molecule has 0 atom stereocenters. The highest BCUT2D eigenvalue weighted by atomic mass is 32.1. The quantitative estimate of drug-likeness (QED) is 0.865. The maximum atomic E-state index is 5.77. The van der Waals surface area contributed by atoms with Crippen LogP contribution in [0.15, 0.2) is 24.3 Å². The van der Waals surface area contributed by atoms with E-state index in [0.717, 1.165) is 21.1 Å². The van der Waals surface area contributed by atoms with Gasteiger partial charge in [-0.15, -0.1) is 11.3 Å². The topological polar surface area (TPSA) is 38.9 Å². The lowest BCUT2D eigenvalue weighted by molar-refractivity contribution is 0.832. The normalized spacial score (nSPS) is 10.9. The van der Waals surface area contributed by atoms with Crippen molar-refractivity contribution in [2.24, 2.45) is 5.73 Å². The van der Waals surface area contributed by atoms with Crippen molar-refractivity contribution in [1.29, 1.82) is 0 Å². The summed E-state index contributed by atoms with van der Waals surface area (Å²) in [6.07, 6.45) is 0. The van der Waals surface area contributed by atoms with Crippen molar-refractivity contribution in [3.8, 4) is 10.6 Å². The van der Waals surface area contributed by atoms with E-state index in [-0.39, 0.29) is 0 Å². The smallest absolute Gasteiger partial charge is 0.124 e. The highest BCUT2D eigenvalue weighted by Crippen LogP contribution is 2.31. The molecule has 1 aromatic heterocycles. The van der Waals surface area contributed by atoms with Crippen LogP contribution in [0.5, 0.6) is 0 Å². The lowest BCUT2D eigenvalue weighted by atomic mass is 10.1. The van der Waals surface area contributed by atoms with Crippen LogP contribution in [0.2, 0.25) is 0 Å². The van der Waals surface area contributed by atoms with Gasteiger partial charge in [0.25, 0.3) is 0 Å². The van der Waals surface area contributed by atoms with E-state index in [1.165, 1.54) is 5.56 Å². The average Bonchev–Trinajstić information content (AvgIpc) is 2.75. The summed E-state index contributed by atoms with van der Waals surface area (Å²) in [6.45, 7) is 6.29. The van der Waals surface area contributed by atoms with Gasteiger partial charge in [0.2, 0.25) is 0 Å². The van der Waals surface area contributed by atoms with Crippen molar-refractivity contribution in [1.82, 2.24) is 4.98 Å². The monoisotopic (exact) mass is 276 g/mol. The molecule has 0 aliphatic rings. The molecular weight excluding hydrogens is 260 g/mol. The predicted octanol–water partition coefficient (Wildman–Crippen LogP) is 3.88. The molecule has 0 radical (unpaired) electrons. The molecule has 0 saturated carbocycles. The Hall–Kier alpha value is -1.26.